The molecule has 6 nitrogen and oxygen atoms in total. The first-order chi connectivity index (χ1) is 15.4. The maximum absolute atomic E-state index is 9.96. The topological polar surface area (TPSA) is 66.4 Å². The Morgan fingerprint density at radius 3 is 2.25 bits per heavy atom. The van der Waals surface area contributed by atoms with E-state index in [9.17, 15) is 5.11 Å². The first-order valence-corrected chi connectivity index (χ1v) is 10.7. The lowest BCUT2D eigenvalue weighted by molar-refractivity contribution is -0.176. The molecule has 0 fully saturated rings. The lowest BCUT2D eigenvalue weighted by atomic mass is 9.80. The van der Waals surface area contributed by atoms with Crippen LogP contribution < -0.4 is 14.2 Å². The van der Waals surface area contributed by atoms with Crippen LogP contribution in [0.3, 0.4) is 0 Å². The van der Waals surface area contributed by atoms with E-state index in [1.54, 1.807) is 14.0 Å². The Balaban J connectivity index is 0.00000121. The van der Waals surface area contributed by atoms with Gasteiger partial charge in [-0.3, -0.25) is 0 Å². The normalized spacial score (nSPS) is 15.2. The van der Waals surface area contributed by atoms with Crippen molar-refractivity contribution in [3.05, 3.63) is 53.6 Å². The molecule has 1 heterocycles. The number of ether oxygens (including phenoxy) is 5. The second-order valence-electron chi connectivity index (χ2n) is 7.24. The van der Waals surface area contributed by atoms with Gasteiger partial charge in [0.1, 0.15) is 5.75 Å². The Morgan fingerprint density at radius 2 is 1.66 bits per heavy atom. The van der Waals surface area contributed by atoms with Crippen LogP contribution in [0, 0.1) is 12.8 Å². The summed E-state index contributed by atoms with van der Waals surface area (Å²) in [5.41, 5.74) is 1.52. The highest BCUT2D eigenvalue weighted by Crippen LogP contribution is 2.38. The monoisotopic (exact) mass is 444 g/mol. The SMILES string of the molecule is C#C.CC.COCOc1ccc(C(C)C(C)(Cc2ccc3c(c2)OCO3)OC(C)O)cc1. The summed E-state index contributed by atoms with van der Waals surface area (Å²) in [4.78, 5) is 0. The third kappa shape index (κ3) is 7.45. The maximum atomic E-state index is 9.96. The van der Waals surface area contributed by atoms with E-state index in [1.165, 1.54) is 0 Å². The van der Waals surface area contributed by atoms with Crippen molar-refractivity contribution in [1.29, 1.82) is 0 Å². The molecule has 0 saturated carbocycles. The number of rotatable bonds is 9. The van der Waals surface area contributed by atoms with Gasteiger partial charge < -0.3 is 28.8 Å². The molecule has 0 radical (unpaired) electrons. The van der Waals surface area contributed by atoms with E-state index in [2.05, 4.69) is 19.8 Å². The summed E-state index contributed by atoms with van der Waals surface area (Å²) >= 11 is 0. The van der Waals surface area contributed by atoms with Crippen molar-refractivity contribution in [3.63, 3.8) is 0 Å². The van der Waals surface area contributed by atoms with Crippen molar-refractivity contribution in [2.24, 2.45) is 0 Å². The zero-order valence-electron chi connectivity index (χ0n) is 20.0. The van der Waals surface area contributed by atoms with Gasteiger partial charge in [-0.25, -0.2) is 0 Å². The summed E-state index contributed by atoms with van der Waals surface area (Å²) in [7, 11) is 1.59. The predicted molar refractivity (Wildman–Crippen MR) is 126 cm³/mol. The van der Waals surface area contributed by atoms with Gasteiger partial charge in [-0.2, -0.15) is 0 Å². The largest absolute Gasteiger partial charge is 0.468 e. The first-order valence-electron chi connectivity index (χ1n) is 10.7. The zero-order chi connectivity index (χ0) is 24.1. The summed E-state index contributed by atoms with van der Waals surface area (Å²) in [5, 5.41) is 9.96. The lowest BCUT2D eigenvalue weighted by Gasteiger charge is -2.37. The van der Waals surface area contributed by atoms with Gasteiger partial charge in [0.05, 0.1) is 5.60 Å². The fourth-order valence-corrected chi connectivity index (χ4v) is 3.47. The minimum Gasteiger partial charge on any atom is -0.468 e. The highest BCUT2D eigenvalue weighted by molar-refractivity contribution is 5.45. The molecule has 32 heavy (non-hydrogen) atoms. The van der Waals surface area contributed by atoms with Crippen molar-refractivity contribution in [1.82, 2.24) is 0 Å². The molecule has 0 amide bonds. The van der Waals surface area contributed by atoms with Gasteiger partial charge in [0.25, 0.3) is 0 Å². The summed E-state index contributed by atoms with van der Waals surface area (Å²) < 4.78 is 27.3. The molecule has 0 aromatic heterocycles. The van der Waals surface area contributed by atoms with Crippen LogP contribution in [0.15, 0.2) is 42.5 Å². The Morgan fingerprint density at radius 1 is 1.03 bits per heavy atom. The molecule has 3 atom stereocenters. The van der Waals surface area contributed by atoms with Crippen LogP contribution in [-0.4, -0.2) is 37.7 Å². The average Bonchev–Trinajstić information content (AvgIpc) is 3.27. The molecule has 2 aromatic carbocycles. The maximum Gasteiger partial charge on any atom is 0.231 e. The van der Waals surface area contributed by atoms with E-state index in [4.69, 9.17) is 23.7 Å². The molecule has 0 spiro atoms. The van der Waals surface area contributed by atoms with Crippen molar-refractivity contribution in [2.45, 2.75) is 58.8 Å². The Hall–Kier alpha value is -2.72. The standard InChI is InChI=1S/C22H28O6.C2H6.C2H2/c1-15(18-6-8-19(9-7-18)25-13-24-4)22(3,28-16(2)23)12-17-5-10-20-21(11-17)27-14-26-20;2*1-2/h5-11,15-16,23H,12-14H2,1-4H3;1-2H3;1-2H. The molecule has 1 N–H and O–H groups in total. The molecule has 176 valence electrons. The molecule has 0 saturated heterocycles. The Bertz CT molecular complexity index is 815. The second-order valence-corrected chi connectivity index (χ2v) is 7.24. The van der Waals surface area contributed by atoms with Crippen LogP contribution in [-0.2, 0) is 15.9 Å². The summed E-state index contributed by atoms with van der Waals surface area (Å²) in [6, 6.07) is 13.7. The average molecular weight is 445 g/mol. The van der Waals surface area contributed by atoms with Crippen LogP contribution in [0.25, 0.3) is 0 Å². The van der Waals surface area contributed by atoms with Crippen molar-refractivity contribution < 1.29 is 28.8 Å². The van der Waals surface area contributed by atoms with Crippen LogP contribution in [0.1, 0.15) is 51.7 Å². The van der Waals surface area contributed by atoms with E-state index in [-0.39, 0.29) is 19.5 Å². The molecule has 3 rings (SSSR count). The number of methoxy groups -OCH3 is 1. The van der Waals surface area contributed by atoms with Gasteiger partial charge in [-0.1, -0.05) is 39.0 Å². The smallest absolute Gasteiger partial charge is 0.231 e. The van der Waals surface area contributed by atoms with Gasteiger partial charge in [0.15, 0.2) is 24.6 Å². The van der Waals surface area contributed by atoms with Crippen LogP contribution >= 0.6 is 0 Å². The molecular formula is C26H36O6. The minimum atomic E-state index is -0.884. The number of benzene rings is 2. The molecule has 1 aliphatic heterocycles. The first kappa shape index (κ1) is 27.3. The zero-order valence-corrected chi connectivity index (χ0v) is 20.0. The van der Waals surface area contributed by atoms with E-state index in [0.29, 0.717) is 6.42 Å². The van der Waals surface area contributed by atoms with Gasteiger partial charge in [-0.05, 0) is 49.2 Å². The fourth-order valence-electron chi connectivity index (χ4n) is 3.47. The molecule has 3 unspecified atom stereocenters. The number of hydrogen-bond donors (Lipinski definition) is 1. The van der Waals surface area contributed by atoms with Crippen molar-refractivity contribution in [2.75, 3.05) is 20.7 Å². The number of terminal acetylenes is 1. The molecule has 1 aliphatic rings. The Kier molecular flexibility index (Phi) is 11.6. The quantitative estimate of drug-likeness (QED) is 0.427. The van der Waals surface area contributed by atoms with E-state index in [1.807, 2.05) is 63.2 Å². The second kappa shape index (κ2) is 13.6. The van der Waals surface area contributed by atoms with Gasteiger partial charge >= 0.3 is 0 Å². The van der Waals surface area contributed by atoms with Crippen molar-refractivity contribution >= 4 is 0 Å². The molecule has 6 heteroatoms. The van der Waals surface area contributed by atoms with Crippen LogP contribution in [0.2, 0.25) is 0 Å². The van der Waals surface area contributed by atoms with E-state index in [0.717, 1.165) is 28.4 Å². The van der Waals surface area contributed by atoms with Gasteiger partial charge in [0, 0.05) is 19.4 Å². The van der Waals surface area contributed by atoms with Crippen LogP contribution in [0.5, 0.6) is 17.2 Å². The third-order valence-electron chi connectivity index (χ3n) is 5.07. The van der Waals surface area contributed by atoms with Crippen molar-refractivity contribution in [3.8, 4) is 30.1 Å². The summed E-state index contributed by atoms with van der Waals surface area (Å²) in [6.45, 7) is 10.2. The Labute approximate surface area is 192 Å². The molecular weight excluding hydrogens is 408 g/mol. The molecule has 0 aliphatic carbocycles. The molecule has 2 aromatic rings. The van der Waals surface area contributed by atoms with Gasteiger partial charge in [-0.15, -0.1) is 12.8 Å². The van der Waals surface area contributed by atoms with Crippen LogP contribution in [0.4, 0.5) is 0 Å². The third-order valence-corrected chi connectivity index (χ3v) is 5.07. The number of hydrogen-bond acceptors (Lipinski definition) is 6. The highest BCUT2D eigenvalue weighted by atomic mass is 16.7. The summed E-state index contributed by atoms with van der Waals surface area (Å²) in [5.74, 6) is 2.25. The van der Waals surface area contributed by atoms with E-state index < -0.39 is 11.9 Å². The number of aliphatic hydroxyl groups excluding tert-OH is 1. The number of aliphatic hydroxyl groups is 1. The van der Waals surface area contributed by atoms with E-state index >= 15 is 0 Å². The minimum absolute atomic E-state index is 0.0176. The number of fused-ring (bicyclic) bond motifs is 1. The summed E-state index contributed by atoms with van der Waals surface area (Å²) in [6.07, 6.45) is 7.73. The molecule has 0 bridgehead atoms. The lowest BCUT2D eigenvalue weighted by Crippen LogP contribution is -2.40. The fraction of sp³-hybridized carbons (Fsp3) is 0.462. The van der Waals surface area contributed by atoms with Gasteiger partial charge in [0.2, 0.25) is 6.79 Å². The predicted octanol–water partition coefficient (Wildman–Crippen LogP) is 5.13. The highest BCUT2D eigenvalue weighted by Gasteiger charge is 2.35.